The molecule has 3 aromatic rings. The van der Waals surface area contributed by atoms with E-state index in [9.17, 15) is 9.59 Å². The lowest BCUT2D eigenvalue weighted by Gasteiger charge is -2.05. The van der Waals surface area contributed by atoms with Crippen LogP contribution in [0, 0.1) is 0 Å². The van der Waals surface area contributed by atoms with Crippen molar-refractivity contribution < 1.29 is 4.74 Å². The van der Waals surface area contributed by atoms with Crippen LogP contribution in [0.2, 0.25) is 0 Å². The molecule has 1 aromatic carbocycles. The van der Waals surface area contributed by atoms with Gasteiger partial charge in [0, 0.05) is 26.3 Å². The Balaban J connectivity index is 1.68. The molecular weight excluding hydrogens is 336 g/mol. The van der Waals surface area contributed by atoms with E-state index in [1.54, 1.807) is 31.4 Å². The number of aryl methyl sites for hydroxylation is 1. The smallest absolute Gasteiger partial charge is 0.332 e. The van der Waals surface area contributed by atoms with Crippen LogP contribution in [0.25, 0.3) is 11.2 Å². The molecule has 9 nitrogen and oxygen atoms in total. The number of nitrogens with one attached hydrogen (secondary N) is 1. The Morgan fingerprint density at radius 1 is 1.19 bits per heavy atom. The van der Waals surface area contributed by atoms with Gasteiger partial charge in [0.15, 0.2) is 11.2 Å². The Kier molecular flexibility index (Phi) is 4.87. The van der Waals surface area contributed by atoms with E-state index < -0.39 is 5.69 Å². The van der Waals surface area contributed by atoms with Gasteiger partial charge in [-0.3, -0.25) is 18.9 Å². The van der Waals surface area contributed by atoms with E-state index in [1.165, 1.54) is 11.6 Å². The third-order valence-electron chi connectivity index (χ3n) is 4.10. The zero-order chi connectivity index (χ0) is 18.7. The highest BCUT2D eigenvalue weighted by molar-refractivity contribution is 5.75. The molecule has 0 aliphatic carbocycles. The molecule has 0 fully saturated rings. The van der Waals surface area contributed by atoms with Gasteiger partial charge in [0.2, 0.25) is 0 Å². The average Bonchev–Trinajstić information content (AvgIpc) is 3.09. The van der Waals surface area contributed by atoms with Gasteiger partial charge < -0.3 is 14.6 Å². The SMILES string of the molecule is COc1ccc(NC=NCCn2cnc3c2c(=O)n(C)c(=O)n3C)cc1. The van der Waals surface area contributed by atoms with Crippen molar-refractivity contribution in [2.24, 2.45) is 19.1 Å². The van der Waals surface area contributed by atoms with Crippen molar-refractivity contribution in [1.29, 1.82) is 0 Å². The number of fused-ring (bicyclic) bond motifs is 1. The quantitative estimate of drug-likeness (QED) is 0.515. The van der Waals surface area contributed by atoms with Crippen LogP contribution < -0.4 is 21.3 Å². The van der Waals surface area contributed by atoms with Crippen molar-refractivity contribution in [2.45, 2.75) is 6.54 Å². The molecule has 0 radical (unpaired) electrons. The number of aliphatic imine (C=N–C) groups is 1. The van der Waals surface area contributed by atoms with Gasteiger partial charge in [0.05, 0.1) is 26.3 Å². The van der Waals surface area contributed by atoms with E-state index in [-0.39, 0.29) is 5.56 Å². The number of anilines is 1. The van der Waals surface area contributed by atoms with Gasteiger partial charge in [-0.05, 0) is 24.3 Å². The molecule has 0 aliphatic rings. The summed E-state index contributed by atoms with van der Waals surface area (Å²) in [4.78, 5) is 32.7. The summed E-state index contributed by atoms with van der Waals surface area (Å²) in [5.74, 6) is 0.787. The molecule has 0 unspecified atom stereocenters. The van der Waals surface area contributed by atoms with Crippen LogP contribution >= 0.6 is 0 Å². The molecule has 136 valence electrons. The Bertz CT molecular complexity index is 1060. The number of benzene rings is 1. The monoisotopic (exact) mass is 356 g/mol. The van der Waals surface area contributed by atoms with Crippen molar-refractivity contribution in [3.63, 3.8) is 0 Å². The summed E-state index contributed by atoms with van der Waals surface area (Å²) in [6.45, 7) is 0.936. The highest BCUT2D eigenvalue weighted by atomic mass is 16.5. The lowest BCUT2D eigenvalue weighted by Crippen LogP contribution is -2.37. The largest absolute Gasteiger partial charge is 0.497 e. The summed E-state index contributed by atoms with van der Waals surface area (Å²) in [5.41, 5.74) is 0.910. The standard InChI is InChI=1S/C17H20N6O3/c1-21-15-14(16(24)22(2)17(21)25)23(11-20-15)9-8-18-10-19-12-4-6-13(26-3)7-5-12/h4-7,10-11H,8-9H2,1-3H3,(H,18,19). The number of hydrogen-bond donors (Lipinski definition) is 1. The maximum Gasteiger partial charge on any atom is 0.332 e. The van der Waals surface area contributed by atoms with Crippen LogP contribution in [-0.4, -0.2) is 38.7 Å². The van der Waals surface area contributed by atoms with Gasteiger partial charge >= 0.3 is 5.69 Å². The number of ether oxygens (including phenoxy) is 1. The highest BCUT2D eigenvalue weighted by Crippen LogP contribution is 2.14. The van der Waals surface area contributed by atoms with Crippen LogP contribution in [0.1, 0.15) is 0 Å². The minimum Gasteiger partial charge on any atom is -0.497 e. The predicted molar refractivity (Wildman–Crippen MR) is 100 cm³/mol. The van der Waals surface area contributed by atoms with Gasteiger partial charge in [-0.2, -0.15) is 0 Å². The van der Waals surface area contributed by atoms with E-state index in [1.807, 2.05) is 24.3 Å². The number of imidazole rings is 1. The Hall–Kier alpha value is -3.36. The predicted octanol–water partition coefficient (Wildman–Crippen LogP) is 0.583. The second-order valence-corrected chi connectivity index (χ2v) is 5.72. The first-order valence-corrected chi connectivity index (χ1v) is 8.02. The summed E-state index contributed by atoms with van der Waals surface area (Å²) < 4.78 is 9.26. The minimum absolute atomic E-state index is 0.360. The first kappa shape index (κ1) is 17.5. The summed E-state index contributed by atoms with van der Waals surface area (Å²) in [5, 5.41) is 3.07. The number of hydrogen-bond acceptors (Lipinski definition) is 5. The van der Waals surface area contributed by atoms with Gasteiger partial charge in [0.1, 0.15) is 5.75 Å². The molecule has 26 heavy (non-hydrogen) atoms. The molecule has 0 atom stereocenters. The molecule has 0 spiro atoms. The summed E-state index contributed by atoms with van der Waals surface area (Å²) >= 11 is 0. The maximum absolute atomic E-state index is 12.3. The fourth-order valence-electron chi connectivity index (χ4n) is 2.60. The zero-order valence-electron chi connectivity index (χ0n) is 14.8. The molecule has 0 saturated heterocycles. The Morgan fingerprint density at radius 2 is 1.92 bits per heavy atom. The van der Waals surface area contributed by atoms with Crippen LogP contribution in [0.3, 0.4) is 0 Å². The number of methoxy groups -OCH3 is 1. The topological polar surface area (TPSA) is 95.4 Å². The van der Waals surface area contributed by atoms with Crippen molar-refractivity contribution in [3.05, 3.63) is 51.4 Å². The lowest BCUT2D eigenvalue weighted by molar-refractivity contribution is 0.415. The van der Waals surface area contributed by atoms with Crippen molar-refractivity contribution in [1.82, 2.24) is 18.7 Å². The molecule has 0 aliphatic heterocycles. The molecule has 0 saturated carbocycles. The van der Waals surface area contributed by atoms with Gasteiger partial charge in [-0.1, -0.05) is 0 Å². The first-order valence-electron chi connectivity index (χ1n) is 8.02. The Labute approximate surface area is 149 Å². The summed E-state index contributed by atoms with van der Waals surface area (Å²) in [7, 11) is 4.67. The molecule has 3 rings (SSSR count). The number of rotatable bonds is 6. The van der Waals surface area contributed by atoms with E-state index in [0.717, 1.165) is 16.0 Å². The normalized spacial score (nSPS) is 11.3. The third kappa shape index (κ3) is 3.23. The third-order valence-corrected chi connectivity index (χ3v) is 4.10. The molecular formula is C17H20N6O3. The van der Waals surface area contributed by atoms with E-state index >= 15 is 0 Å². The van der Waals surface area contributed by atoms with Crippen molar-refractivity contribution in [2.75, 3.05) is 19.0 Å². The zero-order valence-corrected chi connectivity index (χ0v) is 14.8. The van der Waals surface area contributed by atoms with Gasteiger partial charge in [-0.25, -0.2) is 9.78 Å². The van der Waals surface area contributed by atoms with Crippen LogP contribution in [-0.2, 0) is 20.6 Å². The Morgan fingerprint density at radius 3 is 2.62 bits per heavy atom. The second kappa shape index (κ2) is 7.26. The van der Waals surface area contributed by atoms with Crippen molar-refractivity contribution in [3.8, 4) is 5.75 Å². The average molecular weight is 356 g/mol. The maximum atomic E-state index is 12.3. The molecule has 9 heteroatoms. The summed E-state index contributed by atoms with van der Waals surface area (Å²) in [6.07, 6.45) is 3.16. The van der Waals surface area contributed by atoms with Crippen molar-refractivity contribution >= 4 is 23.2 Å². The van der Waals surface area contributed by atoms with Crippen LogP contribution in [0.5, 0.6) is 5.75 Å². The first-order chi connectivity index (χ1) is 12.5. The van der Waals surface area contributed by atoms with E-state index in [4.69, 9.17) is 4.74 Å². The molecule has 2 heterocycles. The number of aromatic nitrogens is 4. The molecule has 1 N–H and O–H groups in total. The summed E-state index contributed by atoms with van der Waals surface area (Å²) in [6, 6.07) is 7.48. The fourth-order valence-corrected chi connectivity index (χ4v) is 2.60. The highest BCUT2D eigenvalue weighted by Gasteiger charge is 2.13. The number of nitrogens with zero attached hydrogens (tertiary/aromatic N) is 5. The second-order valence-electron chi connectivity index (χ2n) is 5.72. The minimum atomic E-state index is -0.394. The van der Waals surface area contributed by atoms with Gasteiger partial charge in [0.25, 0.3) is 5.56 Å². The van der Waals surface area contributed by atoms with Crippen LogP contribution in [0.15, 0.2) is 45.2 Å². The molecule has 0 bridgehead atoms. The van der Waals surface area contributed by atoms with Crippen LogP contribution in [0.4, 0.5) is 5.69 Å². The van der Waals surface area contributed by atoms with Gasteiger partial charge in [-0.15, -0.1) is 0 Å². The lowest BCUT2D eigenvalue weighted by atomic mass is 10.3. The molecule has 2 aromatic heterocycles. The van der Waals surface area contributed by atoms with E-state index in [2.05, 4.69) is 15.3 Å². The fraction of sp³-hybridized carbons (Fsp3) is 0.294. The molecule has 0 amide bonds. The van der Waals surface area contributed by atoms with E-state index in [0.29, 0.717) is 24.3 Å².